The molecule has 0 saturated carbocycles. The molecule has 2 aromatic rings. The number of amidine groups is 1. The Morgan fingerprint density at radius 2 is 2.10 bits per heavy atom. The summed E-state index contributed by atoms with van der Waals surface area (Å²) in [4.78, 5) is 17.6. The van der Waals surface area contributed by atoms with Crippen molar-refractivity contribution in [2.45, 2.75) is 27.2 Å². The number of ether oxygens (including phenoxy) is 1. The molecular weight excluding hydrogens is 384 g/mol. The van der Waals surface area contributed by atoms with Crippen LogP contribution in [0.5, 0.6) is 11.5 Å². The van der Waals surface area contributed by atoms with E-state index in [0.717, 1.165) is 22.4 Å². The van der Waals surface area contributed by atoms with Crippen LogP contribution < -0.4 is 10.1 Å². The molecule has 0 atom stereocenters. The second kappa shape index (κ2) is 9.01. The quantitative estimate of drug-likeness (QED) is 0.520. The normalized spacial score (nSPS) is 16.3. The van der Waals surface area contributed by atoms with Gasteiger partial charge in [0.05, 0.1) is 17.2 Å². The molecule has 0 aliphatic carbocycles. The van der Waals surface area contributed by atoms with Gasteiger partial charge in [-0.2, -0.15) is 0 Å². The summed E-state index contributed by atoms with van der Waals surface area (Å²) in [5.41, 5.74) is 4.55. The van der Waals surface area contributed by atoms with E-state index in [4.69, 9.17) is 4.74 Å². The number of benzene rings is 2. The van der Waals surface area contributed by atoms with E-state index in [0.29, 0.717) is 34.4 Å². The van der Waals surface area contributed by atoms with Crippen molar-refractivity contribution < 1.29 is 14.6 Å². The first-order valence-corrected chi connectivity index (χ1v) is 10.2. The van der Waals surface area contributed by atoms with Crippen LogP contribution in [0.2, 0.25) is 0 Å². The fourth-order valence-corrected chi connectivity index (χ4v) is 3.78. The lowest BCUT2D eigenvalue weighted by Gasteiger charge is -2.11. The Morgan fingerprint density at radius 1 is 1.31 bits per heavy atom. The topological polar surface area (TPSA) is 70.9 Å². The highest BCUT2D eigenvalue weighted by atomic mass is 32.2. The third-order valence-corrected chi connectivity index (χ3v) is 5.50. The maximum atomic E-state index is 12.4. The molecule has 0 radical (unpaired) electrons. The lowest BCUT2D eigenvalue weighted by Crippen LogP contribution is -2.19. The van der Waals surface area contributed by atoms with Crippen molar-refractivity contribution in [3.8, 4) is 11.5 Å². The van der Waals surface area contributed by atoms with E-state index >= 15 is 0 Å². The van der Waals surface area contributed by atoms with E-state index in [1.165, 1.54) is 11.8 Å². The smallest absolute Gasteiger partial charge is 0.264 e. The summed E-state index contributed by atoms with van der Waals surface area (Å²) in [6, 6.07) is 9.48. The number of aromatic hydroxyl groups is 1. The standard InChI is InChI=1S/C23H24N2O3S/c1-5-8-17-11-16(12-19(21(17)26)28-6-2)13-20-22(27)25-23(29-20)24-18-10-7-9-14(3)15(18)4/h5,7,9-13,26H,1,6,8H2,2-4H3,(H,24,25,27)/b20-13-. The number of allylic oxidation sites excluding steroid dienone is 1. The molecule has 0 spiro atoms. The highest BCUT2D eigenvalue weighted by molar-refractivity contribution is 8.18. The molecule has 5 nitrogen and oxygen atoms in total. The van der Waals surface area contributed by atoms with Gasteiger partial charge < -0.3 is 15.2 Å². The van der Waals surface area contributed by atoms with Gasteiger partial charge in [0.25, 0.3) is 5.91 Å². The maximum Gasteiger partial charge on any atom is 0.264 e. The van der Waals surface area contributed by atoms with Gasteiger partial charge in [-0.25, -0.2) is 4.99 Å². The van der Waals surface area contributed by atoms with Crippen LogP contribution in [0, 0.1) is 13.8 Å². The van der Waals surface area contributed by atoms with E-state index in [1.54, 1.807) is 18.2 Å². The number of thioether (sulfide) groups is 1. The summed E-state index contributed by atoms with van der Waals surface area (Å²) in [6.07, 6.45) is 4.00. The molecule has 0 aromatic heterocycles. The highest BCUT2D eigenvalue weighted by Gasteiger charge is 2.24. The minimum atomic E-state index is -0.199. The third kappa shape index (κ3) is 4.71. The highest BCUT2D eigenvalue weighted by Crippen LogP contribution is 2.35. The maximum absolute atomic E-state index is 12.4. The molecule has 3 rings (SSSR count). The molecule has 2 N–H and O–H groups in total. The zero-order valence-electron chi connectivity index (χ0n) is 16.8. The first-order valence-electron chi connectivity index (χ1n) is 9.38. The Balaban J connectivity index is 1.93. The Labute approximate surface area is 175 Å². The van der Waals surface area contributed by atoms with Crippen LogP contribution in [-0.2, 0) is 11.2 Å². The molecule has 1 heterocycles. The van der Waals surface area contributed by atoms with Crippen molar-refractivity contribution in [2.24, 2.45) is 4.99 Å². The summed E-state index contributed by atoms with van der Waals surface area (Å²) in [7, 11) is 0. The van der Waals surface area contributed by atoms with E-state index in [-0.39, 0.29) is 11.7 Å². The van der Waals surface area contributed by atoms with Crippen LogP contribution in [0.1, 0.15) is 29.2 Å². The minimum Gasteiger partial charge on any atom is -0.504 e. The second-order valence-electron chi connectivity index (χ2n) is 6.65. The van der Waals surface area contributed by atoms with Crippen molar-refractivity contribution in [3.05, 3.63) is 70.1 Å². The average molecular weight is 409 g/mol. The van der Waals surface area contributed by atoms with Crippen LogP contribution in [0.4, 0.5) is 5.69 Å². The van der Waals surface area contributed by atoms with Crippen molar-refractivity contribution in [3.63, 3.8) is 0 Å². The van der Waals surface area contributed by atoms with Crippen molar-refractivity contribution in [1.82, 2.24) is 5.32 Å². The molecule has 1 saturated heterocycles. The monoisotopic (exact) mass is 408 g/mol. The van der Waals surface area contributed by atoms with Gasteiger partial charge in [-0.05, 0) is 79.9 Å². The van der Waals surface area contributed by atoms with Crippen LogP contribution in [-0.4, -0.2) is 22.8 Å². The molecule has 1 aliphatic rings. The lowest BCUT2D eigenvalue weighted by atomic mass is 10.1. The number of phenols is 1. The fraction of sp³-hybridized carbons (Fsp3) is 0.217. The molecule has 29 heavy (non-hydrogen) atoms. The average Bonchev–Trinajstić information content (AvgIpc) is 3.02. The van der Waals surface area contributed by atoms with Crippen LogP contribution in [0.15, 0.2) is 52.9 Å². The molecule has 6 heteroatoms. The Kier molecular flexibility index (Phi) is 6.44. The van der Waals surface area contributed by atoms with E-state index in [2.05, 4.69) is 16.9 Å². The Morgan fingerprint density at radius 3 is 2.83 bits per heavy atom. The number of hydrogen-bond donors (Lipinski definition) is 2. The summed E-state index contributed by atoms with van der Waals surface area (Å²) >= 11 is 1.29. The number of phenolic OH excluding ortho intramolecular Hbond substituents is 1. The first-order chi connectivity index (χ1) is 13.9. The van der Waals surface area contributed by atoms with E-state index < -0.39 is 0 Å². The number of rotatable bonds is 6. The van der Waals surface area contributed by atoms with E-state index in [1.807, 2.05) is 45.0 Å². The fourth-order valence-electron chi connectivity index (χ4n) is 2.95. The van der Waals surface area contributed by atoms with Gasteiger partial charge in [0.2, 0.25) is 0 Å². The van der Waals surface area contributed by atoms with Gasteiger partial charge in [-0.3, -0.25) is 4.79 Å². The summed E-state index contributed by atoms with van der Waals surface area (Å²) < 4.78 is 5.54. The molecule has 2 aromatic carbocycles. The Hall–Kier alpha value is -2.99. The number of aliphatic imine (C=N–C) groups is 1. The lowest BCUT2D eigenvalue weighted by molar-refractivity contribution is -0.115. The summed E-state index contributed by atoms with van der Waals surface area (Å²) in [6.45, 7) is 10.1. The van der Waals surface area contributed by atoms with Crippen molar-refractivity contribution in [1.29, 1.82) is 0 Å². The zero-order valence-corrected chi connectivity index (χ0v) is 17.6. The van der Waals surface area contributed by atoms with Crippen molar-refractivity contribution in [2.75, 3.05) is 6.61 Å². The minimum absolute atomic E-state index is 0.106. The van der Waals surface area contributed by atoms with Crippen LogP contribution in [0.25, 0.3) is 6.08 Å². The van der Waals surface area contributed by atoms with Gasteiger partial charge in [0, 0.05) is 5.56 Å². The van der Waals surface area contributed by atoms with Gasteiger partial charge in [0.1, 0.15) is 0 Å². The number of aryl methyl sites for hydroxylation is 1. The second-order valence-corrected chi connectivity index (χ2v) is 7.68. The summed E-state index contributed by atoms with van der Waals surface area (Å²) in [5, 5.41) is 13.7. The van der Waals surface area contributed by atoms with Crippen LogP contribution >= 0.6 is 11.8 Å². The Bertz CT molecular complexity index is 1030. The number of nitrogens with zero attached hydrogens (tertiary/aromatic N) is 1. The summed E-state index contributed by atoms with van der Waals surface area (Å²) in [5.74, 6) is 0.302. The predicted molar refractivity (Wildman–Crippen MR) is 120 cm³/mol. The molecule has 0 unspecified atom stereocenters. The molecule has 0 bridgehead atoms. The molecule has 150 valence electrons. The van der Waals surface area contributed by atoms with Crippen molar-refractivity contribution >= 4 is 34.6 Å². The van der Waals surface area contributed by atoms with Gasteiger partial charge >= 0.3 is 0 Å². The van der Waals surface area contributed by atoms with Crippen LogP contribution in [0.3, 0.4) is 0 Å². The SMILES string of the molecule is C=CCc1cc(/C=C2\SC(=Nc3cccc(C)c3C)NC2=O)cc(OCC)c1O. The molecule has 1 fully saturated rings. The first kappa shape index (κ1) is 20.7. The van der Waals surface area contributed by atoms with Gasteiger partial charge in [0.15, 0.2) is 16.7 Å². The number of carbonyl (C=O) groups excluding carboxylic acids is 1. The molecule has 1 amide bonds. The molecule has 1 aliphatic heterocycles. The number of hydrogen-bond acceptors (Lipinski definition) is 5. The molecular formula is C23H24N2O3S. The third-order valence-electron chi connectivity index (χ3n) is 4.59. The van der Waals surface area contributed by atoms with Gasteiger partial charge in [-0.15, -0.1) is 6.58 Å². The van der Waals surface area contributed by atoms with E-state index in [9.17, 15) is 9.90 Å². The largest absolute Gasteiger partial charge is 0.504 e. The predicted octanol–water partition coefficient (Wildman–Crippen LogP) is 5.03. The number of nitrogens with one attached hydrogen (secondary N) is 1. The van der Waals surface area contributed by atoms with Gasteiger partial charge in [-0.1, -0.05) is 18.2 Å². The number of amides is 1. The number of carbonyl (C=O) groups is 1. The zero-order chi connectivity index (χ0) is 21.0.